The standard InChI is InChI=1S/C23H23ClN2O7/c1-4-32-21(27)18-15(25-23(29)26-20(18)13-8-10-14(24)11-9-13)12-33-22(28)19-16(30-2)6-5-7-17(19)31-3/h5-11,20H,4,12H2,1-3H3,(H2,25,26,29)/t20-/m0/s1. The molecule has 2 amide bonds. The molecule has 2 N–H and O–H groups in total. The van der Waals surface area contributed by atoms with E-state index in [1.54, 1.807) is 49.4 Å². The molecule has 3 rings (SSSR count). The highest BCUT2D eigenvalue weighted by molar-refractivity contribution is 6.30. The Morgan fingerprint density at radius 2 is 1.61 bits per heavy atom. The molecule has 0 saturated heterocycles. The zero-order valence-electron chi connectivity index (χ0n) is 18.3. The monoisotopic (exact) mass is 474 g/mol. The second-order valence-corrected chi connectivity index (χ2v) is 7.25. The largest absolute Gasteiger partial charge is 0.496 e. The molecule has 0 unspecified atom stereocenters. The minimum atomic E-state index is -0.829. The van der Waals surface area contributed by atoms with Gasteiger partial charge in [-0.1, -0.05) is 29.8 Å². The third kappa shape index (κ3) is 5.38. The quantitative estimate of drug-likeness (QED) is 0.564. The Morgan fingerprint density at radius 1 is 0.970 bits per heavy atom. The number of nitrogens with one attached hydrogen (secondary N) is 2. The molecule has 0 bridgehead atoms. The molecule has 2 aromatic rings. The van der Waals surface area contributed by atoms with Gasteiger partial charge in [0.1, 0.15) is 23.7 Å². The summed E-state index contributed by atoms with van der Waals surface area (Å²) in [7, 11) is 2.83. The molecule has 0 aliphatic carbocycles. The fourth-order valence-electron chi connectivity index (χ4n) is 3.35. The van der Waals surface area contributed by atoms with Crippen LogP contribution in [0.1, 0.15) is 28.9 Å². The van der Waals surface area contributed by atoms with E-state index in [1.165, 1.54) is 14.2 Å². The highest BCUT2D eigenvalue weighted by Gasteiger charge is 2.34. The summed E-state index contributed by atoms with van der Waals surface area (Å²) < 4.78 is 21.1. The SMILES string of the molecule is CCOC(=O)C1=C(COC(=O)c2c(OC)cccc2OC)NC(=O)N[C@H]1c1ccc(Cl)cc1. The summed E-state index contributed by atoms with van der Waals surface area (Å²) >= 11 is 5.97. The minimum Gasteiger partial charge on any atom is -0.496 e. The summed E-state index contributed by atoms with van der Waals surface area (Å²) in [4.78, 5) is 38.0. The molecule has 0 radical (unpaired) electrons. The molecule has 0 aromatic heterocycles. The van der Waals surface area contributed by atoms with Crippen LogP contribution in [0.3, 0.4) is 0 Å². The third-order valence-electron chi connectivity index (χ3n) is 4.83. The minimum absolute atomic E-state index is 0.0790. The fraction of sp³-hybridized carbons (Fsp3) is 0.261. The number of carbonyl (C=O) groups is 3. The number of methoxy groups -OCH3 is 2. The third-order valence-corrected chi connectivity index (χ3v) is 5.08. The average molecular weight is 475 g/mol. The van der Waals surface area contributed by atoms with Crippen molar-refractivity contribution in [1.82, 2.24) is 10.6 Å². The van der Waals surface area contributed by atoms with E-state index in [0.717, 1.165) is 0 Å². The molecular weight excluding hydrogens is 452 g/mol. The Labute approximate surface area is 195 Å². The van der Waals surface area contributed by atoms with E-state index in [-0.39, 0.29) is 34.9 Å². The molecule has 10 heteroatoms. The molecule has 1 aliphatic heterocycles. The van der Waals surface area contributed by atoms with Gasteiger partial charge in [0.15, 0.2) is 0 Å². The number of esters is 2. The number of hydrogen-bond donors (Lipinski definition) is 2. The summed E-state index contributed by atoms with van der Waals surface area (Å²) in [5.74, 6) is -0.902. The number of benzene rings is 2. The first-order valence-corrected chi connectivity index (χ1v) is 10.4. The molecule has 1 atom stereocenters. The molecule has 9 nitrogen and oxygen atoms in total. The second kappa shape index (κ2) is 10.7. The van der Waals surface area contributed by atoms with Gasteiger partial charge in [0.05, 0.1) is 38.1 Å². The van der Waals surface area contributed by atoms with E-state index in [9.17, 15) is 14.4 Å². The van der Waals surface area contributed by atoms with Crippen LogP contribution in [-0.4, -0.2) is 45.4 Å². The van der Waals surface area contributed by atoms with Gasteiger partial charge < -0.3 is 29.6 Å². The number of carbonyl (C=O) groups excluding carboxylic acids is 3. The first-order chi connectivity index (χ1) is 15.9. The van der Waals surface area contributed by atoms with Crippen LogP contribution in [0, 0.1) is 0 Å². The van der Waals surface area contributed by atoms with Crippen LogP contribution in [-0.2, 0) is 14.3 Å². The van der Waals surface area contributed by atoms with E-state index in [4.69, 9.17) is 30.5 Å². The summed E-state index contributed by atoms with van der Waals surface area (Å²) in [6.07, 6.45) is 0. The van der Waals surface area contributed by atoms with Gasteiger partial charge in [-0.25, -0.2) is 14.4 Å². The van der Waals surface area contributed by atoms with Crippen LogP contribution in [0.15, 0.2) is 53.7 Å². The number of hydrogen-bond acceptors (Lipinski definition) is 7. The maximum atomic E-state index is 12.9. The van der Waals surface area contributed by atoms with Crippen LogP contribution in [0.2, 0.25) is 5.02 Å². The zero-order chi connectivity index (χ0) is 24.0. The van der Waals surface area contributed by atoms with Crippen LogP contribution in [0.25, 0.3) is 0 Å². The van der Waals surface area contributed by atoms with Gasteiger partial charge in [0.25, 0.3) is 0 Å². The molecule has 2 aromatic carbocycles. The number of urea groups is 1. The van der Waals surface area contributed by atoms with Crippen LogP contribution in [0.5, 0.6) is 11.5 Å². The first kappa shape index (κ1) is 23.9. The number of rotatable bonds is 8. The molecule has 0 saturated carbocycles. The Kier molecular flexibility index (Phi) is 7.78. The van der Waals surface area contributed by atoms with Crippen LogP contribution < -0.4 is 20.1 Å². The molecule has 1 heterocycles. The van der Waals surface area contributed by atoms with Gasteiger partial charge in [-0.15, -0.1) is 0 Å². The van der Waals surface area contributed by atoms with Gasteiger partial charge in [0, 0.05) is 5.02 Å². The van der Waals surface area contributed by atoms with Gasteiger partial charge in [-0.05, 0) is 36.8 Å². The lowest BCUT2D eigenvalue weighted by atomic mass is 9.95. The summed E-state index contributed by atoms with van der Waals surface area (Å²) in [5, 5.41) is 5.74. The van der Waals surface area contributed by atoms with E-state index in [2.05, 4.69) is 10.6 Å². The second-order valence-electron chi connectivity index (χ2n) is 6.81. The van der Waals surface area contributed by atoms with Gasteiger partial charge in [0.2, 0.25) is 0 Å². The van der Waals surface area contributed by atoms with Crippen molar-refractivity contribution in [3.8, 4) is 11.5 Å². The van der Waals surface area contributed by atoms with Crippen LogP contribution >= 0.6 is 11.6 Å². The highest BCUT2D eigenvalue weighted by atomic mass is 35.5. The fourth-order valence-corrected chi connectivity index (χ4v) is 3.48. The lowest BCUT2D eigenvalue weighted by Gasteiger charge is -2.29. The lowest BCUT2D eigenvalue weighted by molar-refractivity contribution is -0.139. The van der Waals surface area contributed by atoms with Crippen molar-refractivity contribution in [1.29, 1.82) is 0 Å². The normalized spacial score (nSPS) is 15.3. The smallest absolute Gasteiger partial charge is 0.346 e. The predicted octanol–water partition coefficient (Wildman–Crippen LogP) is 3.39. The van der Waals surface area contributed by atoms with Gasteiger partial charge >= 0.3 is 18.0 Å². The van der Waals surface area contributed by atoms with E-state index in [0.29, 0.717) is 10.6 Å². The van der Waals surface area contributed by atoms with Crippen molar-refractivity contribution in [3.05, 3.63) is 69.9 Å². The summed E-state index contributed by atoms with van der Waals surface area (Å²) in [5.41, 5.74) is 0.890. The molecule has 0 spiro atoms. The van der Waals surface area contributed by atoms with Crippen molar-refractivity contribution in [2.24, 2.45) is 0 Å². The van der Waals surface area contributed by atoms with Crippen molar-refractivity contribution >= 4 is 29.6 Å². The van der Waals surface area contributed by atoms with Crippen molar-refractivity contribution in [2.75, 3.05) is 27.4 Å². The van der Waals surface area contributed by atoms with E-state index < -0.39 is 30.6 Å². The number of halogens is 1. The molecular formula is C23H23ClN2O7. The Hall–Kier alpha value is -3.72. The molecule has 0 fully saturated rings. The number of amides is 2. The Balaban J connectivity index is 1.96. The molecule has 174 valence electrons. The van der Waals surface area contributed by atoms with Gasteiger partial charge in [-0.3, -0.25) is 0 Å². The first-order valence-electron chi connectivity index (χ1n) is 10.0. The average Bonchev–Trinajstić information content (AvgIpc) is 2.82. The number of ether oxygens (including phenoxy) is 4. The maximum absolute atomic E-state index is 12.9. The molecule has 1 aliphatic rings. The molecule has 33 heavy (non-hydrogen) atoms. The Morgan fingerprint density at radius 3 is 2.18 bits per heavy atom. The van der Waals surface area contributed by atoms with E-state index >= 15 is 0 Å². The highest BCUT2D eigenvalue weighted by Crippen LogP contribution is 2.31. The topological polar surface area (TPSA) is 112 Å². The van der Waals surface area contributed by atoms with Gasteiger partial charge in [-0.2, -0.15) is 0 Å². The Bertz CT molecular complexity index is 1060. The lowest BCUT2D eigenvalue weighted by Crippen LogP contribution is -2.47. The van der Waals surface area contributed by atoms with Crippen molar-refractivity contribution < 1.29 is 33.3 Å². The zero-order valence-corrected chi connectivity index (χ0v) is 19.0. The summed E-state index contributed by atoms with van der Waals surface area (Å²) in [6, 6.07) is 10.1. The summed E-state index contributed by atoms with van der Waals surface area (Å²) in [6.45, 7) is 1.39. The van der Waals surface area contributed by atoms with Crippen LogP contribution in [0.4, 0.5) is 4.79 Å². The van der Waals surface area contributed by atoms with Crippen molar-refractivity contribution in [3.63, 3.8) is 0 Å². The van der Waals surface area contributed by atoms with E-state index in [1.807, 2.05) is 0 Å². The maximum Gasteiger partial charge on any atom is 0.346 e. The predicted molar refractivity (Wildman–Crippen MR) is 119 cm³/mol. The van der Waals surface area contributed by atoms with Crippen molar-refractivity contribution in [2.45, 2.75) is 13.0 Å².